The first-order valence-electron chi connectivity index (χ1n) is 13.6. The smallest absolute Gasteiger partial charge is 0.115 e. The molecule has 6 aromatic rings. The molecule has 0 aliphatic rings. The Morgan fingerprint density at radius 2 is 0.184 bits per heavy atom. The molecule has 0 amide bonds. The number of phenols is 12. The van der Waals surface area contributed by atoms with Crippen molar-refractivity contribution in [1.82, 2.24) is 0 Å². The van der Waals surface area contributed by atoms with Gasteiger partial charge in [0.25, 0.3) is 0 Å². The second-order valence-corrected chi connectivity index (χ2v) is 9.10. The standard InChI is InChI=1S/6C6H6O2.Ru/c6*7-5-1-2-6(8)4-3-5;/h6*1-4,7-8H;. The second-order valence-electron chi connectivity index (χ2n) is 9.10. The maximum absolute atomic E-state index is 8.65. The van der Waals surface area contributed by atoms with Crippen LogP contribution in [0.4, 0.5) is 0 Å². The molecule has 49 heavy (non-hydrogen) atoms. The third-order valence-electron chi connectivity index (χ3n) is 5.10. The van der Waals surface area contributed by atoms with Crippen molar-refractivity contribution < 1.29 is 80.8 Å². The van der Waals surface area contributed by atoms with Crippen LogP contribution >= 0.6 is 0 Å². The maximum atomic E-state index is 8.65. The fraction of sp³-hybridized carbons (Fsp3) is 0. The molecule has 12 nitrogen and oxygen atoms in total. The summed E-state index contributed by atoms with van der Waals surface area (Å²) in [6.07, 6.45) is 0. The molecule has 6 rings (SSSR count). The van der Waals surface area contributed by atoms with E-state index in [0.717, 1.165) is 0 Å². The third kappa shape index (κ3) is 22.7. The van der Waals surface area contributed by atoms with E-state index in [9.17, 15) is 0 Å². The molecule has 0 heterocycles. The number of hydrogen-bond donors (Lipinski definition) is 12. The SMILES string of the molecule is Oc1ccc(O)cc1.Oc1ccc(O)cc1.Oc1ccc(O)cc1.Oc1ccc(O)cc1.Oc1ccc(O)cc1.Oc1ccc(O)cc1.[Ru]. The zero-order valence-electron chi connectivity index (χ0n) is 25.6. The van der Waals surface area contributed by atoms with E-state index in [4.69, 9.17) is 61.3 Å². The Morgan fingerprint density at radius 1 is 0.143 bits per heavy atom. The predicted molar refractivity (Wildman–Crippen MR) is 179 cm³/mol. The molecule has 0 aliphatic carbocycles. The second kappa shape index (κ2) is 23.8. The first kappa shape index (κ1) is 42.5. The van der Waals surface area contributed by atoms with E-state index in [1.165, 1.54) is 146 Å². The van der Waals surface area contributed by atoms with E-state index in [1.54, 1.807) is 0 Å². The summed E-state index contributed by atoms with van der Waals surface area (Å²) >= 11 is 0. The van der Waals surface area contributed by atoms with Gasteiger partial charge in [-0.05, 0) is 146 Å². The van der Waals surface area contributed by atoms with E-state index in [0.29, 0.717) is 0 Å². The molecule has 0 fully saturated rings. The summed E-state index contributed by atoms with van der Waals surface area (Å²) in [5.74, 6) is 2.03. The summed E-state index contributed by atoms with van der Waals surface area (Å²) in [6, 6.07) is 34.2. The van der Waals surface area contributed by atoms with Crippen LogP contribution in [0.2, 0.25) is 0 Å². The van der Waals surface area contributed by atoms with Crippen molar-refractivity contribution in [2.24, 2.45) is 0 Å². The van der Waals surface area contributed by atoms with Crippen LogP contribution in [-0.2, 0) is 19.5 Å². The summed E-state index contributed by atoms with van der Waals surface area (Å²) in [7, 11) is 0. The zero-order valence-corrected chi connectivity index (χ0v) is 27.3. The molecular weight excluding hydrogens is 725 g/mol. The minimum absolute atomic E-state index is 0. The molecular formula is C36H36O12Ru. The molecule has 0 bridgehead atoms. The Kier molecular flexibility index (Phi) is 20.7. The van der Waals surface area contributed by atoms with Crippen LogP contribution in [0.15, 0.2) is 146 Å². The van der Waals surface area contributed by atoms with Gasteiger partial charge in [0.15, 0.2) is 0 Å². The van der Waals surface area contributed by atoms with Gasteiger partial charge in [-0.1, -0.05) is 0 Å². The van der Waals surface area contributed by atoms with Crippen molar-refractivity contribution in [1.29, 1.82) is 0 Å². The summed E-state index contributed by atoms with van der Waals surface area (Å²) in [6.45, 7) is 0. The van der Waals surface area contributed by atoms with Gasteiger partial charge in [0.05, 0.1) is 0 Å². The largest absolute Gasteiger partial charge is 0.508 e. The summed E-state index contributed by atoms with van der Waals surface area (Å²) < 4.78 is 0. The molecule has 0 aliphatic heterocycles. The van der Waals surface area contributed by atoms with Crippen molar-refractivity contribution in [3.63, 3.8) is 0 Å². The number of rotatable bonds is 0. The molecule has 13 heteroatoms. The van der Waals surface area contributed by atoms with Crippen LogP contribution in [0.25, 0.3) is 0 Å². The fourth-order valence-electron chi connectivity index (χ4n) is 2.72. The van der Waals surface area contributed by atoms with Gasteiger partial charge in [-0.25, -0.2) is 0 Å². The van der Waals surface area contributed by atoms with Crippen molar-refractivity contribution in [2.45, 2.75) is 0 Å². The van der Waals surface area contributed by atoms with Gasteiger partial charge >= 0.3 is 0 Å². The molecule has 6 aromatic carbocycles. The Bertz CT molecular complexity index is 1220. The number of hydrogen-bond acceptors (Lipinski definition) is 12. The van der Waals surface area contributed by atoms with E-state index < -0.39 is 0 Å². The van der Waals surface area contributed by atoms with Gasteiger partial charge in [0, 0.05) is 19.5 Å². The molecule has 0 spiro atoms. The molecule has 12 N–H and O–H groups in total. The zero-order chi connectivity index (χ0) is 35.9. The van der Waals surface area contributed by atoms with E-state index in [-0.39, 0.29) is 88.5 Å². The maximum Gasteiger partial charge on any atom is 0.115 e. The van der Waals surface area contributed by atoms with Crippen molar-refractivity contribution in [2.75, 3.05) is 0 Å². The number of benzene rings is 6. The van der Waals surface area contributed by atoms with Gasteiger partial charge < -0.3 is 61.3 Å². The van der Waals surface area contributed by atoms with Crippen molar-refractivity contribution >= 4 is 0 Å². The van der Waals surface area contributed by atoms with Crippen LogP contribution < -0.4 is 0 Å². The Hall–Kier alpha value is -6.46. The van der Waals surface area contributed by atoms with E-state index in [1.807, 2.05) is 0 Å². The average molecular weight is 762 g/mol. The monoisotopic (exact) mass is 762 g/mol. The average Bonchev–Trinajstić information content (AvgIpc) is 3.07. The van der Waals surface area contributed by atoms with Gasteiger partial charge in [-0.15, -0.1) is 0 Å². The van der Waals surface area contributed by atoms with E-state index >= 15 is 0 Å². The number of phenolic OH excluding ortho intramolecular Hbond substituents is 12. The molecule has 0 saturated heterocycles. The fourth-order valence-corrected chi connectivity index (χ4v) is 2.72. The third-order valence-corrected chi connectivity index (χ3v) is 5.10. The normalized spacial score (nSPS) is 8.82. The Labute approximate surface area is 294 Å². The topological polar surface area (TPSA) is 243 Å². The van der Waals surface area contributed by atoms with Crippen molar-refractivity contribution in [3.05, 3.63) is 146 Å². The minimum atomic E-state index is 0. The molecule has 0 aromatic heterocycles. The Balaban J connectivity index is 0.000000562. The van der Waals surface area contributed by atoms with Gasteiger partial charge in [-0.3, -0.25) is 0 Å². The quantitative estimate of drug-likeness (QED) is 0.0580. The van der Waals surface area contributed by atoms with Crippen molar-refractivity contribution in [3.8, 4) is 69.0 Å². The molecule has 260 valence electrons. The van der Waals surface area contributed by atoms with Gasteiger partial charge in [-0.2, -0.15) is 0 Å². The Morgan fingerprint density at radius 3 is 0.224 bits per heavy atom. The molecule has 0 atom stereocenters. The van der Waals surface area contributed by atoms with Crippen LogP contribution in [0.5, 0.6) is 69.0 Å². The van der Waals surface area contributed by atoms with E-state index in [2.05, 4.69) is 0 Å². The van der Waals surface area contributed by atoms with Crippen LogP contribution in [0.3, 0.4) is 0 Å². The molecule has 0 unspecified atom stereocenters. The summed E-state index contributed by atoms with van der Waals surface area (Å²) in [5, 5.41) is 104. The van der Waals surface area contributed by atoms with Gasteiger partial charge in [0.2, 0.25) is 0 Å². The summed E-state index contributed by atoms with van der Waals surface area (Å²) in [5.41, 5.74) is 0. The van der Waals surface area contributed by atoms with Crippen LogP contribution in [0, 0.1) is 0 Å². The van der Waals surface area contributed by atoms with Gasteiger partial charge in [0.1, 0.15) is 69.0 Å². The number of aromatic hydroxyl groups is 12. The molecule has 0 saturated carbocycles. The van der Waals surface area contributed by atoms with Crippen LogP contribution in [-0.4, -0.2) is 61.3 Å². The predicted octanol–water partition coefficient (Wildman–Crippen LogP) is 6.58. The first-order chi connectivity index (χ1) is 22.7. The first-order valence-corrected chi connectivity index (χ1v) is 13.6. The summed E-state index contributed by atoms with van der Waals surface area (Å²) in [4.78, 5) is 0. The minimum Gasteiger partial charge on any atom is -0.508 e. The van der Waals surface area contributed by atoms with Crippen LogP contribution in [0.1, 0.15) is 0 Å². The molecule has 0 radical (unpaired) electrons.